The Hall–Kier alpha value is -1.46. The predicted octanol–water partition coefficient (Wildman–Crippen LogP) is 0.553. The van der Waals surface area contributed by atoms with Crippen LogP contribution >= 0.6 is 0 Å². The minimum atomic E-state index is -1.19. The molecule has 0 N–H and O–H groups in total. The highest BCUT2D eigenvalue weighted by atomic mass is 16.6. The highest BCUT2D eigenvalue weighted by molar-refractivity contribution is 5.72. The summed E-state index contributed by atoms with van der Waals surface area (Å²) < 4.78 is 7.66. The molecule has 0 saturated carbocycles. The first-order chi connectivity index (χ1) is 4.63. The Morgan fingerprint density at radius 2 is 1.50 bits per heavy atom. The van der Waals surface area contributed by atoms with Crippen molar-refractivity contribution >= 4 is 12.2 Å². The molecule has 0 atom stereocenters. The average Bonchev–Trinajstić information content (AvgIpc) is 2.00. The van der Waals surface area contributed by atoms with Gasteiger partial charge in [0.05, 0.1) is 14.2 Å². The van der Waals surface area contributed by atoms with Crippen molar-refractivity contribution in [2.24, 2.45) is 0 Å². The molecule has 0 bridgehead atoms. The predicted molar refractivity (Wildman–Crippen MR) is 28.4 cm³/mol. The maximum atomic E-state index is 10.3. The number of hydrogen-bond acceptors (Lipinski definition) is 4. The van der Waals surface area contributed by atoms with Crippen molar-refractivity contribution in [3.63, 3.8) is 0 Å². The lowest BCUT2D eigenvalue weighted by Crippen LogP contribution is -2.24. The first kappa shape index (κ1) is 8.54. The minimum absolute atomic E-state index is 0.278. The molecule has 0 aromatic rings. The number of rotatable bonds is 0. The molecule has 0 aliphatic heterocycles. The van der Waals surface area contributed by atoms with E-state index >= 15 is 0 Å². The molecular formula is C4H6N2O4. The fraction of sp³-hybridized carbons (Fsp3) is 0.500. The number of carbonyl (C=O) groups excluding carboxylic acids is 2. The van der Waals surface area contributed by atoms with Crippen LogP contribution in [0.25, 0.3) is 5.53 Å². The fourth-order valence-electron chi connectivity index (χ4n) is 0.247. The maximum absolute atomic E-state index is 10.3. The van der Waals surface area contributed by atoms with Gasteiger partial charge in [0.15, 0.2) is 0 Å². The van der Waals surface area contributed by atoms with Crippen LogP contribution in [0.3, 0.4) is 0 Å². The molecule has 0 unspecified atom stereocenters. The van der Waals surface area contributed by atoms with Gasteiger partial charge >= 0.3 is 12.2 Å². The number of nitrogens with zero attached hydrogens (tertiary/aromatic N) is 2. The normalized spacial score (nSPS) is 8.20. The van der Waals surface area contributed by atoms with E-state index in [1.165, 1.54) is 0 Å². The van der Waals surface area contributed by atoms with Crippen LogP contribution in [-0.4, -0.2) is 31.1 Å². The van der Waals surface area contributed by atoms with Gasteiger partial charge in [0, 0.05) is 0 Å². The van der Waals surface area contributed by atoms with Gasteiger partial charge < -0.3 is 15.0 Å². The second-order valence-corrected chi connectivity index (χ2v) is 1.25. The van der Waals surface area contributed by atoms with Crippen molar-refractivity contribution in [1.29, 1.82) is 0 Å². The van der Waals surface area contributed by atoms with E-state index in [1.807, 2.05) is 0 Å². The van der Waals surface area contributed by atoms with Crippen LogP contribution < -0.4 is 0 Å². The molecule has 0 aliphatic rings. The monoisotopic (exact) mass is 146 g/mol. The van der Waals surface area contributed by atoms with Crippen LogP contribution in [0.4, 0.5) is 9.59 Å². The Bertz CT molecular complexity index is 158. The SMILES string of the molecule is COC(=O)[N+](=[N-])C(=O)OC. The van der Waals surface area contributed by atoms with E-state index in [0.717, 1.165) is 14.2 Å². The van der Waals surface area contributed by atoms with Crippen molar-refractivity contribution < 1.29 is 23.8 Å². The summed E-state index contributed by atoms with van der Waals surface area (Å²) in [6, 6.07) is 0. The summed E-state index contributed by atoms with van der Waals surface area (Å²) in [5.74, 6) is 0. The first-order valence-corrected chi connectivity index (χ1v) is 2.28. The Morgan fingerprint density at radius 3 is 1.70 bits per heavy atom. The largest absolute Gasteiger partial charge is 0.596 e. The van der Waals surface area contributed by atoms with Crippen molar-refractivity contribution in [3.05, 3.63) is 5.53 Å². The van der Waals surface area contributed by atoms with Gasteiger partial charge in [0.2, 0.25) is 0 Å². The lowest BCUT2D eigenvalue weighted by molar-refractivity contribution is -0.387. The van der Waals surface area contributed by atoms with Gasteiger partial charge in [0.25, 0.3) is 0 Å². The van der Waals surface area contributed by atoms with Crippen LogP contribution in [0, 0.1) is 0 Å². The zero-order chi connectivity index (χ0) is 8.15. The van der Waals surface area contributed by atoms with Crippen LogP contribution in [0.15, 0.2) is 0 Å². The molecule has 0 heterocycles. The molecule has 0 spiro atoms. The molecule has 56 valence electrons. The number of imide groups is 1. The third kappa shape index (κ3) is 1.81. The van der Waals surface area contributed by atoms with Gasteiger partial charge in [-0.05, 0) is 0 Å². The molecule has 0 aromatic heterocycles. The van der Waals surface area contributed by atoms with E-state index in [-0.39, 0.29) is 4.70 Å². The number of amides is 2. The molecule has 0 rings (SSSR count). The Labute approximate surface area is 56.8 Å². The summed E-state index contributed by atoms with van der Waals surface area (Å²) >= 11 is 0. The summed E-state index contributed by atoms with van der Waals surface area (Å²) in [6.07, 6.45) is -2.38. The molecule has 0 saturated heterocycles. The molecule has 6 nitrogen and oxygen atoms in total. The number of carbonyl (C=O) groups is 2. The van der Waals surface area contributed by atoms with Gasteiger partial charge in [-0.15, -0.1) is 4.70 Å². The number of hydrogen-bond donors (Lipinski definition) is 0. The number of methoxy groups -OCH3 is 2. The Kier molecular flexibility index (Phi) is 3.03. The standard InChI is InChI=1S/C4H6N2O4/c1-9-3(7)6(5)4(8)10-2/h1-2H3. The molecule has 2 amide bonds. The van der Waals surface area contributed by atoms with Crippen LogP contribution in [-0.2, 0) is 9.47 Å². The third-order valence-corrected chi connectivity index (χ3v) is 0.695. The highest BCUT2D eigenvalue weighted by Gasteiger charge is 2.21. The average molecular weight is 146 g/mol. The molecular weight excluding hydrogens is 140 g/mol. The first-order valence-electron chi connectivity index (χ1n) is 2.28. The van der Waals surface area contributed by atoms with Gasteiger partial charge in [-0.3, -0.25) is 0 Å². The Balaban J connectivity index is 4.09. The van der Waals surface area contributed by atoms with E-state index in [9.17, 15) is 9.59 Å². The van der Waals surface area contributed by atoms with E-state index in [4.69, 9.17) is 5.53 Å². The fourth-order valence-corrected chi connectivity index (χ4v) is 0.247. The lowest BCUT2D eigenvalue weighted by atomic mass is 11.0. The quantitative estimate of drug-likeness (QED) is 0.369. The van der Waals surface area contributed by atoms with Crippen molar-refractivity contribution in [3.8, 4) is 0 Å². The third-order valence-electron chi connectivity index (χ3n) is 0.695. The molecule has 6 heteroatoms. The van der Waals surface area contributed by atoms with Crippen LogP contribution in [0.5, 0.6) is 0 Å². The molecule has 10 heavy (non-hydrogen) atoms. The van der Waals surface area contributed by atoms with E-state index < -0.39 is 12.2 Å². The summed E-state index contributed by atoms with van der Waals surface area (Å²) in [7, 11) is 2.04. The lowest BCUT2D eigenvalue weighted by Gasteiger charge is -1.96. The van der Waals surface area contributed by atoms with Gasteiger partial charge in [-0.2, -0.15) is 9.59 Å². The second kappa shape index (κ2) is 3.54. The van der Waals surface area contributed by atoms with Crippen LogP contribution in [0.2, 0.25) is 0 Å². The molecule has 0 aliphatic carbocycles. The maximum Gasteiger partial charge on any atom is 0.596 e. The highest BCUT2D eigenvalue weighted by Crippen LogP contribution is 1.86. The molecule has 0 fully saturated rings. The minimum Gasteiger partial charge on any atom is -0.481 e. The number of ether oxygens (including phenoxy) is 2. The Morgan fingerprint density at radius 1 is 1.20 bits per heavy atom. The van der Waals surface area contributed by atoms with E-state index in [2.05, 4.69) is 9.47 Å². The van der Waals surface area contributed by atoms with Gasteiger partial charge in [0.1, 0.15) is 0 Å². The van der Waals surface area contributed by atoms with E-state index in [1.54, 1.807) is 0 Å². The summed E-state index contributed by atoms with van der Waals surface area (Å²) in [5, 5.41) is 0. The van der Waals surface area contributed by atoms with Crippen molar-refractivity contribution in [1.82, 2.24) is 0 Å². The van der Waals surface area contributed by atoms with Crippen molar-refractivity contribution in [2.45, 2.75) is 0 Å². The topological polar surface area (TPSA) is 77.9 Å². The smallest absolute Gasteiger partial charge is 0.481 e. The molecule has 0 aromatic carbocycles. The van der Waals surface area contributed by atoms with Crippen molar-refractivity contribution in [2.75, 3.05) is 14.2 Å². The van der Waals surface area contributed by atoms with Crippen LogP contribution in [0.1, 0.15) is 0 Å². The zero-order valence-corrected chi connectivity index (χ0v) is 5.53. The van der Waals surface area contributed by atoms with Gasteiger partial charge in [-0.1, -0.05) is 0 Å². The van der Waals surface area contributed by atoms with Gasteiger partial charge in [-0.25, -0.2) is 0 Å². The van der Waals surface area contributed by atoms with E-state index in [0.29, 0.717) is 0 Å². The zero-order valence-electron chi connectivity index (χ0n) is 5.53. The summed E-state index contributed by atoms with van der Waals surface area (Å²) in [5.41, 5.74) is 8.47. The summed E-state index contributed by atoms with van der Waals surface area (Å²) in [6.45, 7) is 0. The second-order valence-electron chi connectivity index (χ2n) is 1.25. The summed E-state index contributed by atoms with van der Waals surface area (Å²) in [4.78, 5) is 20.5. The molecule has 0 radical (unpaired) electrons.